The maximum atomic E-state index is 12.0. The van der Waals surface area contributed by atoms with E-state index in [1.165, 1.54) is 12.1 Å². The van der Waals surface area contributed by atoms with Gasteiger partial charge in [-0.25, -0.2) is 0 Å². The van der Waals surface area contributed by atoms with E-state index in [-0.39, 0.29) is 5.75 Å². The zero-order chi connectivity index (χ0) is 13.8. The third kappa shape index (κ3) is 3.26. The number of halogens is 2. The molecule has 0 fully saturated rings. The molecule has 3 nitrogen and oxygen atoms in total. The lowest BCUT2D eigenvalue weighted by molar-refractivity contribution is -0.0498. The lowest BCUT2D eigenvalue weighted by atomic mass is 9.99. The average molecular weight is 265 g/mol. The fraction of sp³-hybridized carbons (Fsp3) is 0.214. The molecular weight excluding hydrogens is 252 g/mol. The Morgan fingerprint density at radius 2 is 1.84 bits per heavy atom. The fourth-order valence-corrected chi connectivity index (χ4v) is 1.77. The molecule has 0 aliphatic rings. The summed E-state index contributed by atoms with van der Waals surface area (Å²) in [6.07, 6.45) is 2.39. The molecule has 0 aliphatic heterocycles. The monoisotopic (exact) mass is 265 g/mol. The van der Waals surface area contributed by atoms with Crippen molar-refractivity contribution < 1.29 is 18.6 Å². The van der Waals surface area contributed by atoms with Crippen LogP contribution in [-0.4, -0.2) is 16.7 Å². The van der Waals surface area contributed by atoms with E-state index in [0.717, 1.165) is 5.56 Å². The highest BCUT2D eigenvalue weighted by atomic mass is 19.3. The minimum Gasteiger partial charge on any atom is -0.435 e. The molecule has 2 rings (SSSR count). The van der Waals surface area contributed by atoms with Crippen molar-refractivity contribution in [3.05, 3.63) is 59.4 Å². The number of pyridine rings is 1. The lowest BCUT2D eigenvalue weighted by Crippen LogP contribution is -2.04. The number of rotatable bonds is 4. The van der Waals surface area contributed by atoms with Crippen molar-refractivity contribution in [1.29, 1.82) is 0 Å². The van der Waals surface area contributed by atoms with Gasteiger partial charge in [-0.05, 0) is 36.2 Å². The number of benzene rings is 1. The molecule has 1 unspecified atom stereocenters. The van der Waals surface area contributed by atoms with Gasteiger partial charge < -0.3 is 9.84 Å². The first-order valence-corrected chi connectivity index (χ1v) is 5.71. The van der Waals surface area contributed by atoms with E-state index in [1.54, 1.807) is 30.6 Å². The number of ether oxygens (including phenoxy) is 1. The van der Waals surface area contributed by atoms with Crippen LogP contribution in [0.3, 0.4) is 0 Å². The summed E-state index contributed by atoms with van der Waals surface area (Å²) in [5.74, 6) is 0.0638. The number of alkyl halides is 2. The smallest absolute Gasteiger partial charge is 0.387 e. The van der Waals surface area contributed by atoms with Crippen LogP contribution in [0.2, 0.25) is 0 Å². The van der Waals surface area contributed by atoms with Crippen LogP contribution in [-0.2, 0) is 0 Å². The van der Waals surface area contributed by atoms with E-state index in [1.807, 2.05) is 6.92 Å². The molecule has 0 radical (unpaired) electrons. The number of aliphatic hydroxyl groups excluding tert-OH is 1. The molecule has 0 bridgehead atoms. The first kappa shape index (κ1) is 13.4. The van der Waals surface area contributed by atoms with Crippen LogP contribution in [0, 0.1) is 6.92 Å². The Morgan fingerprint density at radius 1 is 1.16 bits per heavy atom. The average Bonchev–Trinajstić information content (AvgIpc) is 2.39. The summed E-state index contributed by atoms with van der Waals surface area (Å²) in [5, 5.41) is 10.2. The Bertz CT molecular complexity index is 543. The van der Waals surface area contributed by atoms with Gasteiger partial charge >= 0.3 is 6.61 Å². The van der Waals surface area contributed by atoms with E-state index in [2.05, 4.69) is 9.72 Å². The molecular formula is C14H13F2NO2. The minimum absolute atomic E-state index is 0.0638. The third-order valence-electron chi connectivity index (χ3n) is 2.80. The van der Waals surface area contributed by atoms with Crippen molar-refractivity contribution in [2.24, 2.45) is 0 Å². The number of nitrogens with zero attached hydrogens (tertiary/aromatic N) is 1. The number of aryl methyl sites for hydroxylation is 1. The molecule has 100 valence electrons. The quantitative estimate of drug-likeness (QED) is 0.923. The predicted molar refractivity (Wildman–Crippen MR) is 66.1 cm³/mol. The van der Waals surface area contributed by atoms with Crippen LogP contribution < -0.4 is 4.74 Å². The molecule has 19 heavy (non-hydrogen) atoms. The lowest BCUT2D eigenvalue weighted by Gasteiger charge is -2.14. The van der Waals surface area contributed by atoms with Crippen LogP contribution in [0.25, 0.3) is 0 Å². The van der Waals surface area contributed by atoms with Crippen LogP contribution in [0.5, 0.6) is 5.75 Å². The van der Waals surface area contributed by atoms with Gasteiger partial charge in [-0.15, -0.1) is 0 Å². The Kier molecular flexibility index (Phi) is 4.06. The molecule has 1 aromatic carbocycles. The van der Waals surface area contributed by atoms with Crippen molar-refractivity contribution in [2.75, 3.05) is 0 Å². The molecule has 0 amide bonds. The van der Waals surface area contributed by atoms with E-state index in [0.29, 0.717) is 11.1 Å². The molecule has 1 heterocycles. The van der Waals surface area contributed by atoms with Crippen LogP contribution in [0.15, 0.2) is 42.7 Å². The van der Waals surface area contributed by atoms with Gasteiger partial charge in [0.25, 0.3) is 0 Å². The normalized spacial score (nSPS) is 12.5. The standard InChI is InChI=1S/C14H13F2NO2/c1-9-6-7-17-8-12(9)13(18)10-2-4-11(5-3-10)19-14(15)16/h2-8,13-14,18H,1H3. The summed E-state index contributed by atoms with van der Waals surface area (Å²) in [6.45, 7) is -0.981. The van der Waals surface area contributed by atoms with Crippen LogP contribution >= 0.6 is 0 Å². The number of hydrogen-bond acceptors (Lipinski definition) is 3. The van der Waals surface area contributed by atoms with Crippen molar-refractivity contribution in [3.8, 4) is 5.75 Å². The van der Waals surface area contributed by atoms with E-state index in [9.17, 15) is 13.9 Å². The van der Waals surface area contributed by atoms with Gasteiger partial charge in [0.15, 0.2) is 0 Å². The fourth-order valence-electron chi connectivity index (χ4n) is 1.77. The number of hydrogen-bond donors (Lipinski definition) is 1. The first-order valence-electron chi connectivity index (χ1n) is 5.71. The summed E-state index contributed by atoms with van der Waals surface area (Å²) >= 11 is 0. The Morgan fingerprint density at radius 3 is 2.42 bits per heavy atom. The highest BCUT2D eigenvalue weighted by Gasteiger charge is 2.13. The van der Waals surface area contributed by atoms with Gasteiger partial charge in [0, 0.05) is 18.0 Å². The molecule has 1 atom stereocenters. The Hall–Kier alpha value is -2.01. The van der Waals surface area contributed by atoms with E-state index >= 15 is 0 Å². The SMILES string of the molecule is Cc1ccncc1C(O)c1ccc(OC(F)F)cc1. The second-order valence-corrected chi connectivity index (χ2v) is 4.08. The summed E-state index contributed by atoms with van der Waals surface area (Å²) in [7, 11) is 0. The maximum absolute atomic E-state index is 12.0. The molecule has 5 heteroatoms. The Balaban J connectivity index is 2.20. The molecule has 0 saturated heterocycles. The van der Waals surface area contributed by atoms with Crippen molar-refractivity contribution >= 4 is 0 Å². The summed E-state index contributed by atoms with van der Waals surface area (Å²) in [5.41, 5.74) is 2.19. The predicted octanol–water partition coefficient (Wildman–Crippen LogP) is 3.07. The van der Waals surface area contributed by atoms with Crippen molar-refractivity contribution in [3.63, 3.8) is 0 Å². The van der Waals surface area contributed by atoms with Gasteiger partial charge in [0.05, 0.1) is 0 Å². The highest BCUT2D eigenvalue weighted by Crippen LogP contribution is 2.25. The van der Waals surface area contributed by atoms with Gasteiger partial charge in [-0.3, -0.25) is 4.98 Å². The number of aliphatic hydroxyl groups is 1. The second-order valence-electron chi connectivity index (χ2n) is 4.08. The Labute approximate surface area is 109 Å². The summed E-state index contributed by atoms with van der Waals surface area (Å²) in [6, 6.07) is 7.70. The van der Waals surface area contributed by atoms with Gasteiger partial charge in [-0.1, -0.05) is 12.1 Å². The molecule has 0 aliphatic carbocycles. The largest absolute Gasteiger partial charge is 0.435 e. The van der Waals surface area contributed by atoms with E-state index in [4.69, 9.17) is 0 Å². The van der Waals surface area contributed by atoms with Crippen LogP contribution in [0.1, 0.15) is 22.8 Å². The summed E-state index contributed by atoms with van der Waals surface area (Å²) in [4.78, 5) is 3.97. The zero-order valence-electron chi connectivity index (χ0n) is 10.3. The molecule has 2 aromatic rings. The summed E-state index contributed by atoms with van der Waals surface area (Å²) < 4.78 is 28.3. The first-order chi connectivity index (χ1) is 9.08. The van der Waals surface area contributed by atoms with Crippen molar-refractivity contribution in [1.82, 2.24) is 4.98 Å². The molecule has 1 aromatic heterocycles. The van der Waals surface area contributed by atoms with Gasteiger partial charge in [0.1, 0.15) is 11.9 Å². The van der Waals surface area contributed by atoms with Gasteiger partial charge in [-0.2, -0.15) is 8.78 Å². The van der Waals surface area contributed by atoms with E-state index < -0.39 is 12.7 Å². The zero-order valence-corrected chi connectivity index (χ0v) is 10.3. The number of aromatic nitrogens is 1. The molecule has 1 N–H and O–H groups in total. The minimum atomic E-state index is -2.85. The third-order valence-corrected chi connectivity index (χ3v) is 2.80. The highest BCUT2D eigenvalue weighted by molar-refractivity contribution is 5.35. The topological polar surface area (TPSA) is 42.4 Å². The maximum Gasteiger partial charge on any atom is 0.387 e. The second kappa shape index (κ2) is 5.75. The van der Waals surface area contributed by atoms with Gasteiger partial charge in [0.2, 0.25) is 0 Å². The van der Waals surface area contributed by atoms with Crippen LogP contribution in [0.4, 0.5) is 8.78 Å². The van der Waals surface area contributed by atoms with Crippen molar-refractivity contribution in [2.45, 2.75) is 19.6 Å². The molecule has 0 spiro atoms. The molecule has 0 saturated carbocycles.